The van der Waals surface area contributed by atoms with Crippen molar-refractivity contribution in [3.63, 3.8) is 0 Å². The zero-order valence-corrected chi connectivity index (χ0v) is 8.94. The van der Waals surface area contributed by atoms with Gasteiger partial charge in [-0.1, -0.05) is 13.0 Å². The second-order valence-electron chi connectivity index (χ2n) is 3.79. The average molecular weight is 195 g/mol. The van der Waals surface area contributed by atoms with Crippen molar-refractivity contribution in [2.45, 2.75) is 32.2 Å². The van der Waals surface area contributed by atoms with Gasteiger partial charge >= 0.3 is 0 Å². The summed E-state index contributed by atoms with van der Waals surface area (Å²) < 4.78 is 0. The van der Waals surface area contributed by atoms with E-state index in [9.17, 15) is 0 Å². The lowest BCUT2D eigenvalue weighted by atomic mass is 10.1. The van der Waals surface area contributed by atoms with Crippen LogP contribution in [0.15, 0.2) is 17.5 Å². The van der Waals surface area contributed by atoms with Gasteiger partial charge in [-0.05, 0) is 43.2 Å². The molecule has 0 bridgehead atoms. The third-order valence-electron chi connectivity index (χ3n) is 2.66. The van der Waals surface area contributed by atoms with Gasteiger partial charge in [0.1, 0.15) is 0 Å². The van der Waals surface area contributed by atoms with E-state index in [4.69, 9.17) is 0 Å². The van der Waals surface area contributed by atoms with E-state index in [0.717, 1.165) is 18.5 Å². The van der Waals surface area contributed by atoms with Gasteiger partial charge in [0.2, 0.25) is 0 Å². The highest BCUT2D eigenvalue weighted by atomic mass is 32.1. The van der Waals surface area contributed by atoms with E-state index in [1.807, 2.05) is 11.3 Å². The van der Waals surface area contributed by atoms with Gasteiger partial charge in [0.25, 0.3) is 0 Å². The second kappa shape index (κ2) is 4.25. The average Bonchev–Trinajstić information content (AvgIpc) is 2.85. The Hall–Kier alpha value is -0.340. The Morgan fingerprint density at radius 2 is 2.46 bits per heavy atom. The summed E-state index contributed by atoms with van der Waals surface area (Å²) in [5.74, 6) is 0.960. The molecule has 0 spiro atoms. The molecule has 0 aliphatic heterocycles. The van der Waals surface area contributed by atoms with E-state index in [0.29, 0.717) is 0 Å². The molecular formula is C11H17NS. The second-order valence-corrected chi connectivity index (χ2v) is 4.82. The first-order valence-corrected chi connectivity index (χ1v) is 6.04. The lowest BCUT2D eigenvalue weighted by Gasteiger charge is -2.15. The molecule has 1 aliphatic rings. The fourth-order valence-corrected chi connectivity index (χ4v) is 2.58. The fourth-order valence-electron chi connectivity index (χ4n) is 1.81. The Kier molecular flexibility index (Phi) is 3.01. The van der Waals surface area contributed by atoms with Crippen LogP contribution in [0, 0.1) is 5.92 Å². The van der Waals surface area contributed by atoms with E-state index in [1.54, 1.807) is 0 Å². The highest BCUT2D eigenvalue weighted by molar-refractivity contribution is 7.09. The quantitative estimate of drug-likeness (QED) is 0.761. The Morgan fingerprint density at radius 3 is 3.00 bits per heavy atom. The molecule has 1 N–H and O–H groups in total. The maximum atomic E-state index is 3.59. The number of likely N-dealkylation sites (N-methyl/N-ethyl adjacent to an activating group) is 1. The molecule has 1 aliphatic carbocycles. The van der Waals surface area contributed by atoms with Crippen molar-refractivity contribution >= 4 is 11.3 Å². The van der Waals surface area contributed by atoms with Crippen LogP contribution >= 0.6 is 11.3 Å². The van der Waals surface area contributed by atoms with Gasteiger partial charge in [-0.25, -0.2) is 0 Å². The van der Waals surface area contributed by atoms with Crippen LogP contribution in [0.2, 0.25) is 0 Å². The summed E-state index contributed by atoms with van der Waals surface area (Å²) >= 11 is 1.88. The lowest BCUT2D eigenvalue weighted by Crippen LogP contribution is -2.32. The van der Waals surface area contributed by atoms with Crippen molar-refractivity contribution in [1.29, 1.82) is 0 Å². The van der Waals surface area contributed by atoms with Crippen molar-refractivity contribution in [1.82, 2.24) is 5.32 Å². The lowest BCUT2D eigenvalue weighted by molar-refractivity contribution is 0.475. The molecule has 2 rings (SSSR count). The smallest absolute Gasteiger partial charge is 0.0143 e. The van der Waals surface area contributed by atoms with E-state index in [-0.39, 0.29) is 0 Å². The highest BCUT2D eigenvalue weighted by Crippen LogP contribution is 2.34. The Bertz CT molecular complexity index is 239. The molecule has 0 aromatic carbocycles. The van der Waals surface area contributed by atoms with Crippen LogP contribution in [-0.4, -0.2) is 12.6 Å². The monoisotopic (exact) mass is 195 g/mol. The zero-order chi connectivity index (χ0) is 9.10. The molecule has 1 nitrogen and oxygen atoms in total. The van der Waals surface area contributed by atoms with Gasteiger partial charge in [-0.15, -0.1) is 11.3 Å². The van der Waals surface area contributed by atoms with Gasteiger partial charge in [0, 0.05) is 10.9 Å². The van der Waals surface area contributed by atoms with Gasteiger partial charge < -0.3 is 5.32 Å². The topological polar surface area (TPSA) is 12.0 Å². The Morgan fingerprint density at radius 1 is 1.62 bits per heavy atom. The molecule has 0 amide bonds. The summed E-state index contributed by atoms with van der Waals surface area (Å²) in [5, 5.41) is 5.76. The molecule has 1 saturated carbocycles. The third kappa shape index (κ3) is 2.55. The Balaban J connectivity index is 1.89. The van der Waals surface area contributed by atoms with Gasteiger partial charge in [0.05, 0.1) is 0 Å². The highest BCUT2D eigenvalue weighted by Gasteiger charge is 2.30. The summed E-state index contributed by atoms with van der Waals surface area (Å²) in [6, 6.07) is 5.14. The van der Waals surface area contributed by atoms with Crippen LogP contribution in [0.25, 0.3) is 0 Å². The summed E-state index contributed by atoms with van der Waals surface area (Å²) in [7, 11) is 0. The molecule has 0 saturated heterocycles. The van der Waals surface area contributed by atoms with E-state index in [2.05, 4.69) is 29.8 Å². The SMILES string of the molecule is CCNC(Cc1cccs1)C1CC1. The van der Waals surface area contributed by atoms with Crippen molar-refractivity contribution in [3.05, 3.63) is 22.4 Å². The number of hydrogen-bond acceptors (Lipinski definition) is 2. The molecule has 1 fully saturated rings. The first-order valence-electron chi connectivity index (χ1n) is 5.16. The molecular weight excluding hydrogens is 178 g/mol. The zero-order valence-electron chi connectivity index (χ0n) is 8.12. The molecule has 1 unspecified atom stereocenters. The predicted molar refractivity (Wildman–Crippen MR) is 58.2 cm³/mol. The molecule has 72 valence electrons. The number of hydrogen-bond donors (Lipinski definition) is 1. The molecule has 0 radical (unpaired) electrons. The summed E-state index contributed by atoms with van der Waals surface area (Å²) in [6.45, 7) is 3.30. The first-order chi connectivity index (χ1) is 6.40. The van der Waals surface area contributed by atoms with Crippen molar-refractivity contribution in [2.24, 2.45) is 5.92 Å². The molecule has 1 heterocycles. The standard InChI is InChI=1S/C11H17NS/c1-2-12-11(9-5-6-9)8-10-4-3-7-13-10/h3-4,7,9,11-12H,2,5-6,8H2,1H3. The van der Waals surface area contributed by atoms with Crippen LogP contribution < -0.4 is 5.32 Å². The van der Waals surface area contributed by atoms with E-state index in [1.165, 1.54) is 24.1 Å². The van der Waals surface area contributed by atoms with Crippen LogP contribution in [0.5, 0.6) is 0 Å². The van der Waals surface area contributed by atoms with E-state index >= 15 is 0 Å². The minimum absolute atomic E-state index is 0.739. The fraction of sp³-hybridized carbons (Fsp3) is 0.636. The van der Waals surface area contributed by atoms with Gasteiger partial charge in [0.15, 0.2) is 0 Å². The first kappa shape index (κ1) is 9.22. The molecule has 1 aromatic rings. The maximum Gasteiger partial charge on any atom is 0.0143 e. The molecule has 1 atom stereocenters. The maximum absolute atomic E-state index is 3.59. The summed E-state index contributed by atoms with van der Waals surface area (Å²) in [5.41, 5.74) is 0. The normalized spacial score (nSPS) is 18.8. The van der Waals surface area contributed by atoms with E-state index < -0.39 is 0 Å². The molecule has 13 heavy (non-hydrogen) atoms. The molecule has 1 aromatic heterocycles. The number of rotatable bonds is 5. The summed E-state index contributed by atoms with van der Waals surface area (Å²) in [6.07, 6.45) is 4.10. The van der Waals surface area contributed by atoms with Gasteiger partial charge in [-0.3, -0.25) is 0 Å². The van der Waals surface area contributed by atoms with Crippen molar-refractivity contribution in [3.8, 4) is 0 Å². The van der Waals surface area contributed by atoms with Crippen LogP contribution in [0.1, 0.15) is 24.6 Å². The number of nitrogens with one attached hydrogen (secondary N) is 1. The van der Waals surface area contributed by atoms with Crippen LogP contribution in [-0.2, 0) is 6.42 Å². The minimum Gasteiger partial charge on any atom is -0.314 e. The van der Waals surface area contributed by atoms with Gasteiger partial charge in [-0.2, -0.15) is 0 Å². The van der Waals surface area contributed by atoms with Crippen molar-refractivity contribution in [2.75, 3.05) is 6.54 Å². The van der Waals surface area contributed by atoms with Crippen molar-refractivity contribution < 1.29 is 0 Å². The minimum atomic E-state index is 0.739. The molecule has 2 heteroatoms. The van der Waals surface area contributed by atoms with Crippen LogP contribution in [0.4, 0.5) is 0 Å². The third-order valence-corrected chi connectivity index (χ3v) is 3.56. The van der Waals surface area contributed by atoms with Crippen LogP contribution in [0.3, 0.4) is 0 Å². The summed E-state index contributed by atoms with van der Waals surface area (Å²) in [4.78, 5) is 1.53. The largest absolute Gasteiger partial charge is 0.314 e. The predicted octanol–water partition coefficient (Wildman–Crippen LogP) is 2.68. The number of thiophene rings is 1. The Labute approximate surface area is 84.2 Å².